The summed E-state index contributed by atoms with van der Waals surface area (Å²) >= 11 is 0. The molecule has 0 radical (unpaired) electrons. The van der Waals surface area contributed by atoms with E-state index in [1.54, 1.807) is 0 Å². The Bertz CT molecular complexity index is 739. The van der Waals surface area contributed by atoms with Crippen LogP contribution in [-0.2, 0) is 0 Å². The normalized spacial score (nSPS) is 19.8. The predicted molar refractivity (Wildman–Crippen MR) is 93.5 cm³/mol. The average molecular weight is 311 g/mol. The number of piperidine rings is 1. The van der Waals surface area contributed by atoms with Crippen molar-refractivity contribution < 1.29 is 4.79 Å². The van der Waals surface area contributed by atoms with Crippen LogP contribution in [0.1, 0.15) is 41.4 Å². The largest absolute Gasteiger partial charge is 0.338 e. The van der Waals surface area contributed by atoms with E-state index >= 15 is 0 Å². The first-order valence-corrected chi connectivity index (χ1v) is 8.38. The Morgan fingerprint density at radius 2 is 2.13 bits per heavy atom. The van der Waals surface area contributed by atoms with Gasteiger partial charge < -0.3 is 10.6 Å². The molecule has 0 saturated carbocycles. The van der Waals surface area contributed by atoms with Crippen LogP contribution in [0.5, 0.6) is 0 Å². The molecule has 1 saturated heterocycles. The first kappa shape index (κ1) is 15.9. The van der Waals surface area contributed by atoms with Crippen molar-refractivity contribution in [2.75, 3.05) is 13.1 Å². The molecule has 2 aromatic rings. The van der Waals surface area contributed by atoms with E-state index in [0.29, 0.717) is 11.5 Å². The summed E-state index contributed by atoms with van der Waals surface area (Å²) in [5, 5.41) is 1.02. The van der Waals surface area contributed by atoms with Crippen LogP contribution in [0, 0.1) is 19.8 Å². The molecule has 2 heterocycles. The van der Waals surface area contributed by atoms with Crippen molar-refractivity contribution in [2.24, 2.45) is 11.7 Å². The molecule has 1 aromatic carbocycles. The van der Waals surface area contributed by atoms with Gasteiger partial charge in [0.1, 0.15) is 0 Å². The first-order chi connectivity index (χ1) is 11.0. The highest BCUT2D eigenvalue weighted by Gasteiger charge is 2.27. The minimum Gasteiger partial charge on any atom is -0.338 e. The summed E-state index contributed by atoms with van der Waals surface area (Å²) in [6.45, 7) is 7.57. The maximum atomic E-state index is 12.9. The Morgan fingerprint density at radius 1 is 1.35 bits per heavy atom. The number of amides is 1. The highest BCUT2D eigenvalue weighted by molar-refractivity contribution is 5.98. The average Bonchev–Trinajstić information content (AvgIpc) is 2.53. The van der Waals surface area contributed by atoms with E-state index in [2.05, 4.69) is 24.0 Å². The zero-order chi connectivity index (χ0) is 16.6. The lowest BCUT2D eigenvalue weighted by Gasteiger charge is -2.34. The SMILES string of the molecule is Cc1ccc2cc(C(=O)N3CCC[C@H]([C@H](C)N)C3)c(C)nc2c1. The molecule has 0 unspecified atom stereocenters. The number of nitrogens with two attached hydrogens (primary N) is 1. The molecule has 1 fully saturated rings. The standard InChI is InChI=1S/C19H25N3O/c1-12-6-7-15-10-17(14(3)21-18(15)9-12)19(23)22-8-4-5-16(11-22)13(2)20/h6-7,9-10,13,16H,4-5,8,11,20H2,1-3H3/t13-,16-/m0/s1. The number of carbonyl (C=O) groups is 1. The van der Waals surface area contributed by atoms with Gasteiger partial charge in [0.25, 0.3) is 5.91 Å². The Balaban J connectivity index is 1.91. The van der Waals surface area contributed by atoms with Crippen LogP contribution in [0.15, 0.2) is 24.3 Å². The van der Waals surface area contributed by atoms with Crippen molar-refractivity contribution in [2.45, 2.75) is 39.7 Å². The highest BCUT2D eigenvalue weighted by Crippen LogP contribution is 2.23. The fourth-order valence-electron chi connectivity index (χ4n) is 3.38. The number of rotatable bonds is 2. The van der Waals surface area contributed by atoms with Crippen molar-refractivity contribution in [3.05, 3.63) is 41.1 Å². The van der Waals surface area contributed by atoms with Crippen LogP contribution in [-0.4, -0.2) is 34.9 Å². The van der Waals surface area contributed by atoms with Crippen LogP contribution in [0.2, 0.25) is 0 Å². The summed E-state index contributed by atoms with van der Waals surface area (Å²) in [6, 6.07) is 8.26. The van der Waals surface area contributed by atoms with E-state index in [0.717, 1.165) is 42.5 Å². The van der Waals surface area contributed by atoms with Crippen molar-refractivity contribution in [3.63, 3.8) is 0 Å². The molecule has 23 heavy (non-hydrogen) atoms. The molecule has 2 atom stereocenters. The smallest absolute Gasteiger partial charge is 0.255 e. The number of hydrogen-bond acceptors (Lipinski definition) is 3. The third kappa shape index (κ3) is 3.22. The van der Waals surface area contributed by atoms with Gasteiger partial charge in [-0.3, -0.25) is 9.78 Å². The third-order valence-corrected chi connectivity index (χ3v) is 4.88. The van der Waals surface area contributed by atoms with E-state index < -0.39 is 0 Å². The van der Waals surface area contributed by atoms with Gasteiger partial charge in [-0.05, 0) is 57.2 Å². The number of aryl methyl sites for hydroxylation is 2. The molecule has 4 heteroatoms. The molecular formula is C19H25N3O. The van der Waals surface area contributed by atoms with E-state index in [1.165, 1.54) is 5.56 Å². The fourth-order valence-corrected chi connectivity index (χ4v) is 3.38. The van der Waals surface area contributed by atoms with Crippen molar-refractivity contribution >= 4 is 16.8 Å². The molecule has 0 aliphatic carbocycles. The lowest BCUT2D eigenvalue weighted by molar-refractivity contribution is 0.0660. The molecule has 1 aliphatic heterocycles. The van der Waals surface area contributed by atoms with E-state index in [4.69, 9.17) is 5.73 Å². The summed E-state index contributed by atoms with van der Waals surface area (Å²) in [7, 11) is 0. The molecule has 0 spiro atoms. The maximum Gasteiger partial charge on any atom is 0.255 e. The van der Waals surface area contributed by atoms with Gasteiger partial charge >= 0.3 is 0 Å². The number of likely N-dealkylation sites (tertiary alicyclic amines) is 1. The second-order valence-corrected chi connectivity index (χ2v) is 6.83. The van der Waals surface area contributed by atoms with Gasteiger partial charge in [0.15, 0.2) is 0 Å². The van der Waals surface area contributed by atoms with E-state index in [9.17, 15) is 4.79 Å². The summed E-state index contributed by atoms with van der Waals surface area (Å²) in [5.41, 5.74) is 9.68. The Labute approximate surface area is 137 Å². The van der Waals surface area contributed by atoms with Crippen LogP contribution >= 0.6 is 0 Å². The second kappa shape index (κ2) is 6.28. The number of hydrogen-bond donors (Lipinski definition) is 1. The zero-order valence-corrected chi connectivity index (χ0v) is 14.2. The number of carbonyl (C=O) groups excluding carboxylic acids is 1. The second-order valence-electron chi connectivity index (χ2n) is 6.83. The lowest BCUT2D eigenvalue weighted by atomic mass is 9.91. The topological polar surface area (TPSA) is 59.2 Å². The van der Waals surface area contributed by atoms with Crippen LogP contribution in [0.3, 0.4) is 0 Å². The number of fused-ring (bicyclic) bond motifs is 1. The van der Waals surface area contributed by atoms with Crippen LogP contribution in [0.25, 0.3) is 10.9 Å². The minimum atomic E-state index is 0.0859. The minimum absolute atomic E-state index is 0.0859. The highest BCUT2D eigenvalue weighted by atomic mass is 16.2. The monoisotopic (exact) mass is 311 g/mol. The predicted octanol–water partition coefficient (Wildman–Crippen LogP) is 3.05. The molecule has 4 nitrogen and oxygen atoms in total. The molecule has 122 valence electrons. The van der Waals surface area contributed by atoms with Gasteiger partial charge in [-0.2, -0.15) is 0 Å². The van der Waals surface area contributed by atoms with Crippen LogP contribution in [0.4, 0.5) is 0 Å². The lowest BCUT2D eigenvalue weighted by Crippen LogP contribution is -2.45. The van der Waals surface area contributed by atoms with Gasteiger partial charge in [0.2, 0.25) is 0 Å². The number of pyridine rings is 1. The number of aromatic nitrogens is 1. The molecule has 1 amide bonds. The van der Waals surface area contributed by atoms with Gasteiger partial charge in [-0.25, -0.2) is 0 Å². The van der Waals surface area contributed by atoms with Crippen molar-refractivity contribution in [1.29, 1.82) is 0 Å². The Hall–Kier alpha value is -1.94. The number of benzene rings is 1. The Morgan fingerprint density at radius 3 is 2.87 bits per heavy atom. The first-order valence-electron chi connectivity index (χ1n) is 8.38. The van der Waals surface area contributed by atoms with E-state index in [-0.39, 0.29) is 11.9 Å². The van der Waals surface area contributed by atoms with Crippen LogP contribution < -0.4 is 5.73 Å². The molecule has 0 bridgehead atoms. The molecule has 1 aromatic heterocycles. The summed E-state index contributed by atoms with van der Waals surface area (Å²) < 4.78 is 0. The summed E-state index contributed by atoms with van der Waals surface area (Å²) in [6.07, 6.45) is 2.13. The van der Waals surface area contributed by atoms with Crippen molar-refractivity contribution in [3.8, 4) is 0 Å². The van der Waals surface area contributed by atoms with E-state index in [1.807, 2.05) is 30.9 Å². The molecule has 3 rings (SSSR count). The fraction of sp³-hybridized carbons (Fsp3) is 0.474. The Kier molecular flexibility index (Phi) is 4.35. The van der Waals surface area contributed by atoms with Gasteiger partial charge in [0, 0.05) is 24.5 Å². The molecular weight excluding hydrogens is 286 g/mol. The zero-order valence-electron chi connectivity index (χ0n) is 14.2. The maximum absolute atomic E-state index is 12.9. The third-order valence-electron chi connectivity index (χ3n) is 4.88. The summed E-state index contributed by atoms with van der Waals surface area (Å²) in [5.74, 6) is 0.479. The van der Waals surface area contributed by atoms with Gasteiger partial charge in [-0.15, -0.1) is 0 Å². The molecule has 2 N–H and O–H groups in total. The quantitative estimate of drug-likeness (QED) is 0.927. The number of nitrogens with zero attached hydrogens (tertiary/aromatic N) is 2. The molecule has 1 aliphatic rings. The van der Waals surface area contributed by atoms with Gasteiger partial charge in [0.05, 0.1) is 16.8 Å². The van der Waals surface area contributed by atoms with Crippen molar-refractivity contribution in [1.82, 2.24) is 9.88 Å². The summed E-state index contributed by atoms with van der Waals surface area (Å²) in [4.78, 5) is 19.5. The van der Waals surface area contributed by atoms with Gasteiger partial charge in [-0.1, -0.05) is 12.1 Å².